The third kappa shape index (κ3) is 2.39. The van der Waals surface area contributed by atoms with Crippen LogP contribution in [0.1, 0.15) is 65.2 Å². The van der Waals surface area contributed by atoms with Gasteiger partial charge in [-0.2, -0.15) is 5.26 Å². The quantitative estimate of drug-likeness (QED) is 0.816. The molecule has 1 atom stereocenters. The van der Waals surface area contributed by atoms with Crippen molar-refractivity contribution < 1.29 is 4.79 Å². The number of carbonyl (C=O) groups excluding carboxylic acids is 1. The summed E-state index contributed by atoms with van der Waals surface area (Å²) >= 11 is 0. The van der Waals surface area contributed by atoms with Crippen molar-refractivity contribution in [3.8, 4) is 6.07 Å². The highest BCUT2D eigenvalue weighted by Crippen LogP contribution is 2.40. The topological polar surface area (TPSA) is 52.9 Å². The van der Waals surface area contributed by atoms with Gasteiger partial charge in [0.25, 0.3) is 0 Å². The lowest BCUT2D eigenvalue weighted by molar-refractivity contribution is -0.130. The van der Waals surface area contributed by atoms with Crippen molar-refractivity contribution in [3.63, 3.8) is 0 Å². The minimum Gasteiger partial charge on any atom is -0.351 e. The summed E-state index contributed by atoms with van der Waals surface area (Å²) in [6.45, 7) is 4.45. The fourth-order valence-electron chi connectivity index (χ4n) is 3.43. The van der Waals surface area contributed by atoms with Gasteiger partial charge < -0.3 is 5.32 Å². The molecule has 0 aromatic rings. The summed E-state index contributed by atoms with van der Waals surface area (Å²) in [4.78, 5) is 12.4. The average Bonchev–Trinajstić information content (AvgIpc) is 2.81. The normalized spacial score (nSPS) is 29.5. The summed E-state index contributed by atoms with van der Waals surface area (Å²) in [6, 6.07) is 2.52. The lowest BCUT2D eigenvalue weighted by Gasteiger charge is -2.40. The molecule has 2 fully saturated rings. The van der Waals surface area contributed by atoms with E-state index in [1.54, 1.807) is 0 Å². The SMILES string of the molecule is CC1(C)CCCCC1NC(=O)C1(C#N)CCCC1. The van der Waals surface area contributed by atoms with Crippen LogP contribution >= 0.6 is 0 Å². The van der Waals surface area contributed by atoms with E-state index in [0.29, 0.717) is 0 Å². The molecule has 1 amide bonds. The minimum atomic E-state index is -0.729. The Morgan fingerprint density at radius 3 is 2.33 bits per heavy atom. The molecule has 2 saturated carbocycles. The third-order valence-electron chi connectivity index (χ3n) is 4.92. The lowest BCUT2D eigenvalue weighted by Crippen LogP contribution is -2.51. The van der Waals surface area contributed by atoms with Gasteiger partial charge in [-0.3, -0.25) is 4.79 Å². The van der Waals surface area contributed by atoms with Gasteiger partial charge >= 0.3 is 0 Å². The highest BCUT2D eigenvalue weighted by molar-refractivity contribution is 5.86. The maximum atomic E-state index is 12.4. The van der Waals surface area contributed by atoms with Crippen LogP contribution in [-0.4, -0.2) is 11.9 Å². The fourth-order valence-corrected chi connectivity index (χ4v) is 3.43. The van der Waals surface area contributed by atoms with E-state index in [9.17, 15) is 10.1 Å². The van der Waals surface area contributed by atoms with Crippen molar-refractivity contribution in [3.05, 3.63) is 0 Å². The monoisotopic (exact) mass is 248 g/mol. The summed E-state index contributed by atoms with van der Waals surface area (Å²) in [7, 11) is 0. The average molecular weight is 248 g/mol. The molecule has 2 aliphatic rings. The molecule has 100 valence electrons. The van der Waals surface area contributed by atoms with Crippen LogP contribution in [-0.2, 0) is 4.79 Å². The van der Waals surface area contributed by atoms with Crippen molar-refractivity contribution in [2.24, 2.45) is 10.8 Å². The first kappa shape index (κ1) is 13.4. The number of rotatable bonds is 2. The Kier molecular flexibility index (Phi) is 3.66. The third-order valence-corrected chi connectivity index (χ3v) is 4.92. The molecule has 3 heteroatoms. The molecule has 1 N–H and O–H groups in total. The van der Waals surface area contributed by atoms with Crippen molar-refractivity contribution >= 4 is 5.91 Å². The van der Waals surface area contributed by atoms with E-state index in [1.165, 1.54) is 12.8 Å². The van der Waals surface area contributed by atoms with Gasteiger partial charge in [0.2, 0.25) is 5.91 Å². The van der Waals surface area contributed by atoms with Crippen LogP contribution in [0.25, 0.3) is 0 Å². The van der Waals surface area contributed by atoms with Crippen molar-refractivity contribution in [1.82, 2.24) is 5.32 Å². The Hall–Kier alpha value is -1.04. The molecule has 1 unspecified atom stereocenters. The summed E-state index contributed by atoms with van der Waals surface area (Å²) < 4.78 is 0. The Morgan fingerprint density at radius 2 is 1.78 bits per heavy atom. The minimum absolute atomic E-state index is 0.0116. The molecule has 0 aromatic carbocycles. The van der Waals surface area contributed by atoms with Gasteiger partial charge in [0.05, 0.1) is 6.07 Å². The first-order chi connectivity index (χ1) is 8.50. The Balaban J connectivity index is 2.04. The number of hydrogen-bond donors (Lipinski definition) is 1. The number of hydrogen-bond acceptors (Lipinski definition) is 2. The molecule has 18 heavy (non-hydrogen) atoms. The van der Waals surface area contributed by atoms with Crippen molar-refractivity contribution in [1.29, 1.82) is 5.26 Å². The molecular weight excluding hydrogens is 224 g/mol. The highest BCUT2D eigenvalue weighted by atomic mass is 16.2. The largest absolute Gasteiger partial charge is 0.351 e. The highest BCUT2D eigenvalue weighted by Gasteiger charge is 2.44. The molecule has 0 saturated heterocycles. The van der Waals surface area contributed by atoms with Gasteiger partial charge in [-0.1, -0.05) is 39.5 Å². The molecule has 0 aliphatic heterocycles. The number of carbonyl (C=O) groups is 1. The first-order valence-electron chi connectivity index (χ1n) is 7.22. The molecule has 0 heterocycles. The predicted molar refractivity (Wildman–Crippen MR) is 70.7 cm³/mol. The van der Waals surface area contributed by atoms with Gasteiger partial charge in [0, 0.05) is 6.04 Å². The maximum absolute atomic E-state index is 12.4. The lowest BCUT2D eigenvalue weighted by atomic mass is 9.72. The summed E-state index contributed by atoms with van der Waals surface area (Å²) in [5, 5.41) is 12.5. The van der Waals surface area contributed by atoms with Gasteiger partial charge in [-0.05, 0) is 31.1 Å². The standard InChI is InChI=1S/C15H24N2O/c1-14(2)8-4-3-7-12(14)17-13(18)15(11-16)9-5-6-10-15/h12H,3-10H2,1-2H3,(H,17,18). The van der Waals surface area contributed by atoms with Crippen LogP contribution < -0.4 is 5.32 Å². The second-order valence-corrected chi connectivity index (χ2v) is 6.66. The van der Waals surface area contributed by atoms with E-state index < -0.39 is 5.41 Å². The Bertz CT molecular complexity index is 361. The number of nitriles is 1. The molecule has 2 aliphatic carbocycles. The van der Waals surface area contributed by atoms with E-state index in [0.717, 1.165) is 38.5 Å². The van der Waals surface area contributed by atoms with Crippen LogP contribution in [0, 0.1) is 22.2 Å². The molecular formula is C15H24N2O. The van der Waals surface area contributed by atoms with E-state index in [2.05, 4.69) is 25.2 Å². The van der Waals surface area contributed by atoms with E-state index >= 15 is 0 Å². The van der Waals surface area contributed by atoms with Crippen LogP contribution in [0.2, 0.25) is 0 Å². The molecule has 3 nitrogen and oxygen atoms in total. The van der Waals surface area contributed by atoms with E-state index in [1.807, 2.05) is 0 Å². The zero-order valence-electron chi connectivity index (χ0n) is 11.6. The number of amides is 1. The molecule has 0 spiro atoms. The van der Waals surface area contributed by atoms with Crippen LogP contribution in [0.15, 0.2) is 0 Å². The second kappa shape index (κ2) is 4.91. The van der Waals surface area contributed by atoms with Crippen LogP contribution in [0.5, 0.6) is 0 Å². The van der Waals surface area contributed by atoms with Crippen LogP contribution in [0.4, 0.5) is 0 Å². The molecule has 0 radical (unpaired) electrons. The number of nitrogens with one attached hydrogen (secondary N) is 1. The summed E-state index contributed by atoms with van der Waals surface area (Å²) in [6.07, 6.45) is 8.16. The summed E-state index contributed by atoms with van der Waals surface area (Å²) in [5.74, 6) is -0.0116. The Labute approximate surface area is 110 Å². The molecule has 0 aromatic heterocycles. The molecule has 2 rings (SSSR count). The smallest absolute Gasteiger partial charge is 0.240 e. The van der Waals surface area contributed by atoms with Crippen molar-refractivity contribution in [2.45, 2.75) is 71.3 Å². The van der Waals surface area contributed by atoms with Crippen molar-refractivity contribution in [2.75, 3.05) is 0 Å². The van der Waals surface area contributed by atoms with Gasteiger partial charge in [0.1, 0.15) is 5.41 Å². The van der Waals surface area contributed by atoms with Gasteiger partial charge in [0.15, 0.2) is 0 Å². The predicted octanol–water partition coefficient (Wildman–Crippen LogP) is 3.16. The zero-order valence-corrected chi connectivity index (χ0v) is 11.6. The zero-order chi connectivity index (χ0) is 13.2. The van der Waals surface area contributed by atoms with Crippen LogP contribution in [0.3, 0.4) is 0 Å². The van der Waals surface area contributed by atoms with E-state index in [-0.39, 0.29) is 17.4 Å². The van der Waals surface area contributed by atoms with Gasteiger partial charge in [-0.15, -0.1) is 0 Å². The first-order valence-corrected chi connectivity index (χ1v) is 7.22. The van der Waals surface area contributed by atoms with Gasteiger partial charge in [-0.25, -0.2) is 0 Å². The summed E-state index contributed by atoms with van der Waals surface area (Å²) in [5.41, 5.74) is -0.559. The van der Waals surface area contributed by atoms with E-state index in [4.69, 9.17) is 0 Å². The fraction of sp³-hybridized carbons (Fsp3) is 0.867. The Morgan fingerprint density at radius 1 is 1.17 bits per heavy atom. The maximum Gasteiger partial charge on any atom is 0.240 e. The second-order valence-electron chi connectivity index (χ2n) is 6.66. The molecule has 0 bridgehead atoms. The number of nitrogens with zero attached hydrogens (tertiary/aromatic N) is 1.